The minimum atomic E-state index is -3.79. The van der Waals surface area contributed by atoms with Crippen LogP contribution in [0.4, 0.5) is 0 Å². The molecule has 1 atom stereocenters. The van der Waals surface area contributed by atoms with E-state index in [-0.39, 0.29) is 48.3 Å². The van der Waals surface area contributed by atoms with Gasteiger partial charge in [0, 0.05) is 51.3 Å². The van der Waals surface area contributed by atoms with Gasteiger partial charge in [0.15, 0.2) is 5.03 Å². The first kappa shape index (κ1) is 23.7. The lowest BCUT2D eigenvalue weighted by Gasteiger charge is -2.30. The number of carbonyl (C=O) groups is 2. The lowest BCUT2D eigenvalue weighted by molar-refractivity contribution is -0.127. The van der Waals surface area contributed by atoms with E-state index in [9.17, 15) is 18.0 Å². The van der Waals surface area contributed by atoms with E-state index >= 15 is 0 Å². The Kier molecular flexibility index (Phi) is 8.06. The maximum atomic E-state index is 13.0. The number of aromatic nitrogens is 2. The van der Waals surface area contributed by atoms with Gasteiger partial charge in [0.2, 0.25) is 11.8 Å². The zero-order valence-corrected chi connectivity index (χ0v) is 19.2. The highest BCUT2D eigenvalue weighted by atomic mass is 32.2. The molecule has 0 bridgehead atoms. The quantitative estimate of drug-likeness (QED) is 0.658. The first-order valence-electron chi connectivity index (χ1n) is 11.0. The van der Waals surface area contributed by atoms with Crippen LogP contribution in [0.3, 0.4) is 0 Å². The van der Waals surface area contributed by atoms with E-state index in [0.717, 1.165) is 25.9 Å². The molecule has 2 aliphatic heterocycles. The maximum Gasteiger partial charge on any atom is 0.262 e. The summed E-state index contributed by atoms with van der Waals surface area (Å²) in [4.78, 5) is 31.3. The fraction of sp³-hybridized carbons (Fsp3) is 0.750. The molecular weight excluding hydrogens is 420 g/mol. The summed E-state index contributed by atoms with van der Waals surface area (Å²) in [6.07, 6.45) is 6.52. The van der Waals surface area contributed by atoms with E-state index in [0.29, 0.717) is 25.8 Å². The molecule has 2 N–H and O–H groups in total. The summed E-state index contributed by atoms with van der Waals surface area (Å²) in [6.45, 7) is 2.69. The Morgan fingerprint density at radius 2 is 1.87 bits per heavy atom. The second-order valence-electron chi connectivity index (χ2n) is 8.60. The third-order valence-corrected chi connectivity index (χ3v) is 7.87. The van der Waals surface area contributed by atoms with E-state index in [1.54, 1.807) is 11.6 Å². The van der Waals surface area contributed by atoms with Crippen molar-refractivity contribution in [1.29, 1.82) is 0 Å². The molecule has 2 saturated heterocycles. The second-order valence-corrected chi connectivity index (χ2v) is 10.5. The molecule has 0 spiro atoms. The SMILES string of the molecule is CN1CCC(NC(=O)C2CCCN(S(=O)(=O)c3cn(C)cn3)CCC(=O)NCC2)CC1. The predicted molar refractivity (Wildman–Crippen MR) is 116 cm³/mol. The lowest BCUT2D eigenvalue weighted by Crippen LogP contribution is -2.45. The summed E-state index contributed by atoms with van der Waals surface area (Å²) in [6, 6.07) is 0.178. The number of likely N-dealkylation sites (tertiary alicyclic amines) is 1. The van der Waals surface area contributed by atoms with Gasteiger partial charge < -0.3 is 20.1 Å². The molecule has 1 aromatic heterocycles. The average molecular weight is 455 g/mol. The average Bonchev–Trinajstić information content (AvgIpc) is 3.15. The number of carbonyl (C=O) groups excluding carboxylic acids is 2. The van der Waals surface area contributed by atoms with E-state index in [1.165, 1.54) is 16.8 Å². The van der Waals surface area contributed by atoms with Gasteiger partial charge in [-0.3, -0.25) is 9.59 Å². The van der Waals surface area contributed by atoms with Crippen molar-refractivity contribution in [2.45, 2.75) is 49.6 Å². The molecule has 2 fully saturated rings. The predicted octanol–water partition coefficient (Wildman–Crippen LogP) is -0.0724. The first-order chi connectivity index (χ1) is 14.8. The number of aryl methyl sites for hydroxylation is 1. The molecule has 2 aliphatic rings. The Morgan fingerprint density at radius 3 is 2.55 bits per heavy atom. The topological polar surface area (TPSA) is 117 Å². The van der Waals surface area contributed by atoms with Gasteiger partial charge in [-0.05, 0) is 52.2 Å². The number of amides is 2. The first-order valence-corrected chi connectivity index (χ1v) is 12.4. The molecule has 1 unspecified atom stereocenters. The molecular formula is C20H34N6O4S. The molecule has 0 aromatic carbocycles. The van der Waals surface area contributed by atoms with Gasteiger partial charge in [0.1, 0.15) is 0 Å². The third-order valence-electron chi connectivity index (χ3n) is 6.08. The molecule has 0 saturated carbocycles. The number of imidazole rings is 1. The number of nitrogens with zero attached hydrogens (tertiary/aromatic N) is 4. The summed E-state index contributed by atoms with van der Waals surface area (Å²) in [5.41, 5.74) is 0. The van der Waals surface area contributed by atoms with Crippen molar-refractivity contribution in [2.24, 2.45) is 13.0 Å². The van der Waals surface area contributed by atoms with Crippen molar-refractivity contribution in [1.82, 2.24) is 29.4 Å². The molecule has 174 valence electrons. The monoisotopic (exact) mass is 454 g/mol. The van der Waals surface area contributed by atoms with Crippen LogP contribution in [0.1, 0.15) is 38.5 Å². The highest BCUT2D eigenvalue weighted by Crippen LogP contribution is 2.19. The highest BCUT2D eigenvalue weighted by molar-refractivity contribution is 7.89. The van der Waals surface area contributed by atoms with E-state index < -0.39 is 10.0 Å². The maximum absolute atomic E-state index is 13.0. The van der Waals surface area contributed by atoms with Gasteiger partial charge in [0.25, 0.3) is 10.0 Å². The normalized spacial score (nSPS) is 23.7. The van der Waals surface area contributed by atoms with Crippen molar-refractivity contribution in [3.8, 4) is 0 Å². The summed E-state index contributed by atoms with van der Waals surface area (Å²) >= 11 is 0. The van der Waals surface area contributed by atoms with Gasteiger partial charge in [0.05, 0.1) is 6.33 Å². The van der Waals surface area contributed by atoms with Gasteiger partial charge in [-0.25, -0.2) is 13.4 Å². The number of sulfonamides is 1. The van der Waals surface area contributed by atoms with Crippen LogP contribution in [0.2, 0.25) is 0 Å². The standard InChI is InChI=1S/C20H34N6O4S/c1-24-11-6-17(7-12-24)23-20(28)16-4-3-10-26(13-8-18(27)21-9-5-16)31(29,30)19-14-25(2)15-22-19/h14-17H,3-13H2,1-2H3,(H,21,27)(H,23,28). The summed E-state index contributed by atoms with van der Waals surface area (Å²) in [5.74, 6) is -0.461. The smallest absolute Gasteiger partial charge is 0.262 e. The molecule has 3 heterocycles. The van der Waals surface area contributed by atoms with Crippen LogP contribution >= 0.6 is 0 Å². The number of hydrogen-bond donors (Lipinski definition) is 2. The van der Waals surface area contributed by atoms with Crippen molar-refractivity contribution < 1.29 is 18.0 Å². The molecule has 11 heteroatoms. The highest BCUT2D eigenvalue weighted by Gasteiger charge is 2.29. The number of nitrogens with one attached hydrogen (secondary N) is 2. The molecule has 1 aromatic rings. The summed E-state index contributed by atoms with van der Waals surface area (Å²) in [7, 11) is -0.00633. The molecule has 2 amide bonds. The molecule has 0 aliphatic carbocycles. The van der Waals surface area contributed by atoms with Crippen LogP contribution < -0.4 is 10.6 Å². The van der Waals surface area contributed by atoms with Crippen molar-refractivity contribution >= 4 is 21.8 Å². The summed E-state index contributed by atoms with van der Waals surface area (Å²) < 4.78 is 28.9. The Hall–Kier alpha value is -1.98. The molecule has 31 heavy (non-hydrogen) atoms. The Labute approximate surface area is 184 Å². The number of hydrogen-bond acceptors (Lipinski definition) is 6. The van der Waals surface area contributed by atoms with E-state index in [1.807, 2.05) is 0 Å². The van der Waals surface area contributed by atoms with Gasteiger partial charge in [-0.1, -0.05) is 0 Å². The minimum Gasteiger partial charge on any atom is -0.356 e. The third kappa shape index (κ3) is 6.50. The molecule has 10 nitrogen and oxygen atoms in total. The van der Waals surface area contributed by atoms with Crippen molar-refractivity contribution in [3.05, 3.63) is 12.5 Å². The Morgan fingerprint density at radius 1 is 1.13 bits per heavy atom. The van der Waals surface area contributed by atoms with Crippen LogP contribution in [-0.4, -0.2) is 84.8 Å². The fourth-order valence-electron chi connectivity index (χ4n) is 4.10. The molecule has 0 radical (unpaired) electrons. The Balaban J connectivity index is 1.65. The van der Waals surface area contributed by atoms with Gasteiger partial charge in [-0.2, -0.15) is 4.31 Å². The zero-order chi connectivity index (χ0) is 22.4. The van der Waals surface area contributed by atoms with Gasteiger partial charge in [-0.15, -0.1) is 0 Å². The minimum absolute atomic E-state index is 0.00202. The van der Waals surface area contributed by atoms with Crippen LogP contribution in [-0.2, 0) is 26.7 Å². The summed E-state index contributed by atoms with van der Waals surface area (Å²) in [5, 5.41) is 5.96. The fourth-order valence-corrected chi connectivity index (χ4v) is 5.54. The van der Waals surface area contributed by atoms with Gasteiger partial charge >= 0.3 is 0 Å². The largest absolute Gasteiger partial charge is 0.356 e. The number of piperidine rings is 1. The van der Waals surface area contributed by atoms with Crippen LogP contribution in [0.25, 0.3) is 0 Å². The number of rotatable bonds is 4. The van der Waals surface area contributed by atoms with Crippen molar-refractivity contribution in [2.75, 3.05) is 39.8 Å². The molecule has 3 rings (SSSR count). The van der Waals surface area contributed by atoms with Crippen LogP contribution in [0.5, 0.6) is 0 Å². The lowest BCUT2D eigenvalue weighted by atomic mass is 9.96. The second kappa shape index (κ2) is 10.6. The Bertz CT molecular complexity index is 863. The van der Waals surface area contributed by atoms with Crippen LogP contribution in [0.15, 0.2) is 17.6 Å². The van der Waals surface area contributed by atoms with Crippen LogP contribution in [0, 0.1) is 5.92 Å². The van der Waals surface area contributed by atoms with E-state index in [4.69, 9.17) is 0 Å². The van der Waals surface area contributed by atoms with E-state index in [2.05, 4.69) is 27.6 Å². The zero-order valence-electron chi connectivity index (χ0n) is 18.4. The van der Waals surface area contributed by atoms with Crippen molar-refractivity contribution in [3.63, 3.8) is 0 Å².